The molecular formula is C15H23ClN2O. The molecule has 0 radical (unpaired) electrons. The van der Waals surface area contributed by atoms with Crippen LogP contribution in [0.3, 0.4) is 0 Å². The van der Waals surface area contributed by atoms with Crippen LogP contribution in [0.25, 0.3) is 0 Å². The van der Waals surface area contributed by atoms with Gasteiger partial charge in [0.05, 0.1) is 17.8 Å². The molecule has 0 bridgehead atoms. The molecule has 1 aliphatic heterocycles. The van der Waals surface area contributed by atoms with Gasteiger partial charge in [-0.05, 0) is 31.0 Å². The van der Waals surface area contributed by atoms with Crippen molar-refractivity contribution in [2.75, 3.05) is 31.6 Å². The van der Waals surface area contributed by atoms with Crippen LogP contribution >= 0.6 is 11.6 Å². The molecular weight excluding hydrogens is 260 g/mol. The lowest BCUT2D eigenvalue weighted by molar-refractivity contribution is 0.415. The molecule has 1 saturated heterocycles. The summed E-state index contributed by atoms with van der Waals surface area (Å²) in [6.07, 6.45) is 1.22. The van der Waals surface area contributed by atoms with E-state index >= 15 is 0 Å². The minimum absolute atomic E-state index is 0.550. The summed E-state index contributed by atoms with van der Waals surface area (Å²) in [6, 6.07) is 6.39. The first-order valence-corrected chi connectivity index (χ1v) is 7.30. The van der Waals surface area contributed by atoms with E-state index in [0.717, 1.165) is 36.1 Å². The number of benzene rings is 1. The fourth-order valence-corrected chi connectivity index (χ4v) is 2.72. The van der Waals surface area contributed by atoms with E-state index in [2.05, 4.69) is 24.1 Å². The molecule has 0 saturated carbocycles. The van der Waals surface area contributed by atoms with Gasteiger partial charge >= 0.3 is 0 Å². The van der Waals surface area contributed by atoms with Crippen LogP contribution in [-0.2, 0) is 0 Å². The lowest BCUT2D eigenvalue weighted by Crippen LogP contribution is -2.30. The van der Waals surface area contributed by atoms with Gasteiger partial charge in [0.15, 0.2) is 0 Å². The van der Waals surface area contributed by atoms with E-state index in [9.17, 15) is 0 Å². The lowest BCUT2D eigenvalue weighted by Gasteiger charge is -2.21. The van der Waals surface area contributed by atoms with E-state index in [-0.39, 0.29) is 0 Å². The van der Waals surface area contributed by atoms with Crippen molar-refractivity contribution in [3.8, 4) is 5.75 Å². The zero-order valence-corrected chi connectivity index (χ0v) is 12.7. The molecule has 0 aromatic heterocycles. The predicted molar refractivity (Wildman–Crippen MR) is 81.5 cm³/mol. The highest BCUT2D eigenvalue weighted by molar-refractivity contribution is 6.33. The number of anilines is 1. The van der Waals surface area contributed by atoms with Crippen molar-refractivity contribution in [2.45, 2.75) is 26.3 Å². The van der Waals surface area contributed by atoms with Gasteiger partial charge in [0.1, 0.15) is 5.75 Å². The third-order valence-corrected chi connectivity index (χ3v) is 3.91. The molecule has 1 fully saturated rings. The Kier molecular flexibility index (Phi) is 4.94. The Morgan fingerprint density at radius 1 is 1.47 bits per heavy atom. The van der Waals surface area contributed by atoms with Crippen molar-refractivity contribution in [3.63, 3.8) is 0 Å². The topological polar surface area (TPSA) is 24.5 Å². The number of nitrogens with zero attached hydrogens (tertiary/aromatic N) is 1. The third-order valence-electron chi connectivity index (χ3n) is 3.59. The Bertz CT molecular complexity index is 423. The molecule has 1 heterocycles. The summed E-state index contributed by atoms with van der Waals surface area (Å²) in [5.74, 6) is 1.56. The Morgan fingerprint density at radius 3 is 2.95 bits per heavy atom. The molecule has 1 aromatic carbocycles. The highest BCUT2D eigenvalue weighted by atomic mass is 35.5. The predicted octanol–water partition coefficient (Wildman–Crippen LogP) is 3.17. The van der Waals surface area contributed by atoms with E-state index in [4.69, 9.17) is 16.3 Å². The first-order chi connectivity index (χ1) is 9.10. The van der Waals surface area contributed by atoms with Gasteiger partial charge in [-0.25, -0.2) is 0 Å². The second-order valence-corrected chi connectivity index (χ2v) is 5.89. The first kappa shape index (κ1) is 14.5. The maximum atomic E-state index is 6.30. The molecule has 2 rings (SSSR count). The minimum Gasteiger partial charge on any atom is -0.497 e. The first-order valence-electron chi connectivity index (χ1n) is 6.92. The molecule has 4 heteroatoms. The van der Waals surface area contributed by atoms with Crippen LogP contribution in [0.5, 0.6) is 5.75 Å². The normalized spacial score (nSPS) is 19.2. The van der Waals surface area contributed by atoms with E-state index in [1.54, 1.807) is 7.11 Å². The lowest BCUT2D eigenvalue weighted by atomic mass is 10.1. The molecule has 19 heavy (non-hydrogen) atoms. The number of halogens is 1. The second kappa shape index (κ2) is 6.49. The number of ether oxygens (including phenoxy) is 1. The van der Waals surface area contributed by atoms with Gasteiger partial charge in [0.2, 0.25) is 0 Å². The average molecular weight is 283 g/mol. The van der Waals surface area contributed by atoms with E-state index < -0.39 is 0 Å². The van der Waals surface area contributed by atoms with Crippen LogP contribution in [0.4, 0.5) is 5.69 Å². The summed E-state index contributed by atoms with van der Waals surface area (Å²) in [4.78, 5) is 2.36. The number of hydrogen-bond acceptors (Lipinski definition) is 3. The molecule has 0 aliphatic carbocycles. The summed E-state index contributed by atoms with van der Waals surface area (Å²) >= 11 is 6.30. The van der Waals surface area contributed by atoms with E-state index in [1.807, 2.05) is 18.2 Å². The summed E-state index contributed by atoms with van der Waals surface area (Å²) in [5.41, 5.74) is 1.09. The van der Waals surface area contributed by atoms with Gasteiger partial charge in [0.25, 0.3) is 0 Å². The van der Waals surface area contributed by atoms with Crippen LogP contribution in [0.2, 0.25) is 5.02 Å². The van der Waals surface area contributed by atoms with Gasteiger partial charge in [0, 0.05) is 25.2 Å². The SMILES string of the molecule is COc1ccc(Cl)c(N2CCC(CNC(C)C)C2)c1. The monoisotopic (exact) mass is 282 g/mol. The van der Waals surface area contributed by atoms with Gasteiger partial charge < -0.3 is 15.0 Å². The molecule has 3 nitrogen and oxygen atoms in total. The Morgan fingerprint density at radius 2 is 2.26 bits per heavy atom. The Hall–Kier alpha value is -0.930. The summed E-state index contributed by atoms with van der Waals surface area (Å²) in [6.45, 7) is 7.58. The van der Waals surface area contributed by atoms with Crippen LogP contribution in [0.1, 0.15) is 20.3 Å². The largest absolute Gasteiger partial charge is 0.497 e. The molecule has 0 amide bonds. The van der Waals surface area contributed by atoms with E-state index in [0.29, 0.717) is 12.0 Å². The van der Waals surface area contributed by atoms with Crippen LogP contribution in [0.15, 0.2) is 18.2 Å². The van der Waals surface area contributed by atoms with Crippen LogP contribution in [-0.4, -0.2) is 32.8 Å². The smallest absolute Gasteiger partial charge is 0.121 e. The average Bonchev–Trinajstić information content (AvgIpc) is 2.85. The fourth-order valence-electron chi connectivity index (χ4n) is 2.48. The molecule has 1 aliphatic rings. The maximum Gasteiger partial charge on any atom is 0.121 e. The maximum absolute atomic E-state index is 6.30. The Balaban J connectivity index is 2.00. The van der Waals surface area contributed by atoms with Crippen LogP contribution < -0.4 is 15.0 Å². The Labute approximate surface area is 120 Å². The minimum atomic E-state index is 0.550. The molecule has 1 aromatic rings. The standard InChI is InChI=1S/C15H23ClN2O/c1-11(2)17-9-12-6-7-18(10-12)15-8-13(19-3)4-5-14(15)16/h4-5,8,11-12,17H,6-7,9-10H2,1-3H3. The fraction of sp³-hybridized carbons (Fsp3) is 0.600. The third kappa shape index (κ3) is 3.77. The molecule has 1 unspecified atom stereocenters. The summed E-state index contributed by atoms with van der Waals surface area (Å²) < 4.78 is 5.28. The highest BCUT2D eigenvalue weighted by Crippen LogP contribution is 2.33. The summed E-state index contributed by atoms with van der Waals surface area (Å²) in [7, 11) is 1.69. The zero-order chi connectivity index (χ0) is 13.8. The van der Waals surface area contributed by atoms with Crippen molar-refractivity contribution < 1.29 is 4.74 Å². The van der Waals surface area contributed by atoms with Gasteiger partial charge in [-0.1, -0.05) is 25.4 Å². The zero-order valence-electron chi connectivity index (χ0n) is 11.9. The van der Waals surface area contributed by atoms with Gasteiger partial charge in [-0.3, -0.25) is 0 Å². The van der Waals surface area contributed by atoms with Crippen molar-refractivity contribution in [1.82, 2.24) is 5.32 Å². The van der Waals surface area contributed by atoms with Crippen molar-refractivity contribution >= 4 is 17.3 Å². The van der Waals surface area contributed by atoms with Crippen molar-refractivity contribution in [1.29, 1.82) is 0 Å². The number of nitrogens with one attached hydrogen (secondary N) is 1. The van der Waals surface area contributed by atoms with E-state index in [1.165, 1.54) is 6.42 Å². The number of rotatable bonds is 5. The molecule has 0 spiro atoms. The molecule has 106 valence electrons. The van der Waals surface area contributed by atoms with Gasteiger partial charge in [-0.2, -0.15) is 0 Å². The van der Waals surface area contributed by atoms with Crippen molar-refractivity contribution in [3.05, 3.63) is 23.2 Å². The number of methoxy groups -OCH3 is 1. The molecule has 1 N–H and O–H groups in total. The quantitative estimate of drug-likeness (QED) is 0.898. The van der Waals surface area contributed by atoms with Gasteiger partial charge in [-0.15, -0.1) is 0 Å². The highest BCUT2D eigenvalue weighted by Gasteiger charge is 2.24. The van der Waals surface area contributed by atoms with Crippen molar-refractivity contribution in [2.24, 2.45) is 5.92 Å². The second-order valence-electron chi connectivity index (χ2n) is 5.48. The number of hydrogen-bond donors (Lipinski definition) is 1. The summed E-state index contributed by atoms with van der Waals surface area (Å²) in [5, 5.41) is 4.32. The van der Waals surface area contributed by atoms with Crippen LogP contribution in [0, 0.1) is 5.92 Å². The molecule has 1 atom stereocenters.